The van der Waals surface area contributed by atoms with E-state index in [-0.39, 0.29) is 6.04 Å². The summed E-state index contributed by atoms with van der Waals surface area (Å²) in [4.78, 5) is 8.70. The normalized spacial score (nSPS) is 13.4. The van der Waals surface area contributed by atoms with Gasteiger partial charge in [-0.3, -0.25) is 4.98 Å². The lowest BCUT2D eigenvalue weighted by Gasteiger charge is -2.33. The highest BCUT2D eigenvalue weighted by Crippen LogP contribution is 2.35. The van der Waals surface area contributed by atoms with Gasteiger partial charge < -0.3 is 10.1 Å². The van der Waals surface area contributed by atoms with Crippen LogP contribution in [0.4, 0.5) is 0 Å². The summed E-state index contributed by atoms with van der Waals surface area (Å²) in [6.07, 6.45) is 3.38. The van der Waals surface area contributed by atoms with Crippen molar-refractivity contribution in [2.24, 2.45) is 17.8 Å². The van der Waals surface area contributed by atoms with Gasteiger partial charge in [0, 0.05) is 12.4 Å². The molecule has 0 spiro atoms. The monoisotopic (exact) mass is 251 g/mol. The minimum absolute atomic E-state index is 0.161. The van der Waals surface area contributed by atoms with E-state index in [1.54, 1.807) is 19.5 Å². The molecule has 1 N–H and O–H groups in total. The zero-order valence-corrected chi connectivity index (χ0v) is 12.3. The first-order chi connectivity index (χ1) is 8.52. The Hall–Kier alpha value is -1.16. The van der Waals surface area contributed by atoms with E-state index in [1.165, 1.54) is 0 Å². The Kier molecular flexibility index (Phi) is 5.54. The molecule has 0 amide bonds. The van der Waals surface area contributed by atoms with Crippen LogP contribution in [0.1, 0.15) is 39.4 Å². The lowest BCUT2D eigenvalue weighted by atomic mass is 9.78. The maximum Gasteiger partial charge on any atom is 0.237 e. The minimum atomic E-state index is 0.161. The van der Waals surface area contributed by atoms with Crippen LogP contribution in [0.25, 0.3) is 0 Å². The first-order valence-electron chi connectivity index (χ1n) is 6.55. The fraction of sp³-hybridized carbons (Fsp3) is 0.714. The van der Waals surface area contributed by atoms with Crippen molar-refractivity contribution in [1.82, 2.24) is 15.3 Å². The lowest BCUT2D eigenvalue weighted by molar-refractivity contribution is 0.209. The van der Waals surface area contributed by atoms with Gasteiger partial charge in [-0.2, -0.15) is 0 Å². The van der Waals surface area contributed by atoms with Gasteiger partial charge in [0.1, 0.15) is 5.69 Å². The van der Waals surface area contributed by atoms with Gasteiger partial charge in [0.05, 0.1) is 13.2 Å². The van der Waals surface area contributed by atoms with E-state index < -0.39 is 0 Å². The van der Waals surface area contributed by atoms with Crippen LogP contribution in [0.3, 0.4) is 0 Å². The van der Waals surface area contributed by atoms with E-state index in [1.807, 2.05) is 7.05 Å². The van der Waals surface area contributed by atoms with Crippen LogP contribution in [-0.4, -0.2) is 24.1 Å². The molecule has 0 aliphatic heterocycles. The molecule has 1 unspecified atom stereocenters. The molecule has 4 nitrogen and oxygen atoms in total. The van der Waals surface area contributed by atoms with Gasteiger partial charge in [-0.05, 0) is 24.8 Å². The van der Waals surface area contributed by atoms with Crippen molar-refractivity contribution in [3.05, 3.63) is 18.1 Å². The van der Waals surface area contributed by atoms with Crippen LogP contribution in [0, 0.1) is 17.8 Å². The van der Waals surface area contributed by atoms with Crippen molar-refractivity contribution in [2.75, 3.05) is 14.2 Å². The van der Waals surface area contributed by atoms with Crippen molar-refractivity contribution in [3.8, 4) is 5.88 Å². The van der Waals surface area contributed by atoms with Gasteiger partial charge in [0.25, 0.3) is 0 Å². The third kappa shape index (κ3) is 3.19. The number of hydrogen-bond donors (Lipinski definition) is 1. The Morgan fingerprint density at radius 1 is 1.06 bits per heavy atom. The highest BCUT2D eigenvalue weighted by molar-refractivity contribution is 5.22. The molecule has 1 aromatic heterocycles. The summed E-state index contributed by atoms with van der Waals surface area (Å²) in [5.41, 5.74) is 0.898. The Morgan fingerprint density at radius 2 is 1.61 bits per heavy atom. The average molecular weight is 251 g/mol. The van der Waals surface area contributed by atoms with E-state index in [0.717, 1.165) is 5.69 Å². The van der Waals surface area contributed by atoms with Crippen LogP contribution >= 0.6 is 0 Å². The van der Waals surface area contributed by atoms with Crippen LogP contribution in [0.2, 0.25) is 0 Å². The Labute approximate surface area is 110 Å². The quantitative estimate of drug-likeness (QED) is 0.844. The van der Waals surface area contributed by atoms with Crippen LogP contribution in [-0.2, 0) is 0 Å². The van der Waals surface area contributed by atoms with Crippen LogP contribution in [0.5, 0.6) is 5.88 Å². The van der Waals surface area contributed by atoms with E-state index in [2.05, 4.69) is 43.0 Å². The maximum atomic E-state index is 5.32. The van der Waals surface area contributed by atoms with Crippen LogP contribution < -0.4 is 10.1 Å². The van der Waals surface area contributed by atoms with Gasteiger partial charge in [0.2, 0.25) is 5.88 Å². The zero-order chi connectivity index (χ0) is 13.7. The summed E-state index contributed by atoms with van der Waals surface area (Å²) < 4.78 is 5.32. The number of nitrogens with zero attached hydrogens (tertiary/aromatic N) is 2. The largest absolute Gasteiger partial charge is 0.480 e. The molecule has 0 saturated heterocycles. The summed E-state index contributed by atoms with van der Waals surface area (Å²) in [7, 11) is 3.61. The molecule has 0 bridgehead atoms. The standard InChI is InChI=1S/C14H25N3O/c1-9(2)11(10(3)4)12(15-5)13-14(18-6)17-8-7-16-13/h7-12,15H,1-6H3. The molecule has 0 saturated carbocycles. The predicted molar refractivity (Wildman–Crippen MR) is 73.6 cm³/mol. The van der Waals surface area contributed by atoms with E-state index in [9.17, 15) is 0 Å². The molecule has 18 heavy (non-hydrogen) atoms. The van der Waals surface area contributed by atoms with E-state index in [4.69, 9.17) is 4.74 Å². The highest BCUT2D eigenvalue weighted by atomic mass is 16.5. The maximum absolute atomic E-state index is 5.32. The second-order valence-corrected chi connectivity index (χ2v) is 5.28. The second kappa shape index (κ2) is 6.69. The average Bonchev–Trinajstić information content (AvgIpc) is 2.34. The fourth-order valence-electron chi connectivity index (χ4n) is 2.76. The fourth-order valence-corrected chi connectivity index (χ4v) is 2.76. The molecule has 1 heterocycles. The molecular weight excluding hydrogens is 226 g/mol. The van der Waals surface area contributed by atoms with E-state index >= 15 is 0 Å². The first kappa shape index (κ1) is 14.9. The Balaban J connectivity index is 3.14. The summed E-state index contributed by atoms with van der Waals surface area (Å²) in [5.74, 6) is 2.23. The number of methoxy groups -OCH3 is 1. The smallest absolute Gasteiger partial charge is 0.237 e. The Morgan fingerprint density at radius 3 is 2.06 bits per heavy atom. The molecule has 0 aliphatic carbocycles. The van der Waals surface area contributed by atoms with Gasteiger partial charge in [-0.25, -0.2) is 4.98 Å². The van der Waals surface area contributed by atoms with Crippen molar-refractivity contribution < 1.29 is 4.74 Å². The number of aromatic nitrogens is 2. The number of rotatable bonds is 6. The van der Waals surface area contributed by atoms with Crippen molar-refractivity contribution in [2.45, 2.75) is 33.7 Å². The summed E-state index contributed by atoms with van der Waals surface area (Å²) in [5, 5.41) is 3.37. The molecule has 102 valence electrons. The first-order valence-corrected chi connectivity index (χ1v) is 6.55. The van der Waals surface area contributed by atoms with Crippen molar-refractivity contribution in [1.29, 1.82) is 0 Å². The third-order valence-electron chi connectivity index (χ3n) is 3.41. The van der Waals surface area contributed by atoms with Crippen molar-refractivity contribution >= 4 is 0 Å². The SMILES string of the molecule is CNC(c1nccnc1OC)C(C(C)C)C(C)C. The Bertz CT molecular complexity index is 358. The summed E-state index contributed by atoms with van der Waals surface area (Å²) in [6.45, 7) is 8.99. The molecule has 1 aromatic rings. The van der Waals surface area contributed by atoms with E-state index in [0.29, 0.717) is 23.6 Å². The number of hydrogen-bond acceptors (Lipinski definition) is 4. The van der Waals surface area contributed by atoms with Gasteiger partial charge in [-0.15, -0.1) is 0 Å². The molecule has 1 rings (SSSR count). The lowest BCUT2D eigenvalue weighted by Crippen LogP contribution is -2.33. The summed E-state index contributed by atoms with van der Waals surface area (Å²) >= 11 is 0. The molecular formula is C14H25N3O. The van der Waals surface area contributed by atoms with Gasteiger partial charge >= 0.3 is 0 Å². The molecule has 0 radical (unpaired) electrons. The number of ether oxygens (including phenoxy) is 1. The molecule has 0 aromatic carbocycles. The highest BCUT2D eigenvalue weighted by Gasteiger charge is 2.30. The second-order valence-electron chi connectivity index (χ2n) is 5.28. The summed E-state index contributed by atoms with van der Waals surface area (Å²) in [6, 6.07) is 0.161. The molecule has 4 heteroatoms. The van der Waals surface area contributed by atoms with Gasteiger partial charge in [0.15, 0.2) is 0 Å². The number of nitrogens with one attached hydrogen (secondary N) is 1. The topological polar surface area (TPSA) is 47.0 Å². The van der Waals surface area contributed by atoms with Crippen molar-refractivity contribution in [3.63, 3.8) is 0 Å². The predicted octanol–water partition coefficient (Wildman–Crippen LogP) is 2.67. The third-order valence-corrected chi connectivity index (χ3v) is 3.41. The molecule has 0 aliphatic rings. The van der Waals surface area contributed by atoms with Gasteiger partial charge in [-0.1, -0.05) is 27.7 Å². The zero-order valence-electron chi connectivity index (χ0n) is 12.3. The minimum Gasteiger partial charge on any atom is -0.480 e. The van der Waals surface area contributed by atoms with Crippen LogP contribution in [0.15, 0.2) is 12.4 Å². The molecule has 1 atom stereocenters. The molecule has 0 fully saturated rings.